The number of nitrogens with two attached hydrogens (primary N) is 1. The Morgan fingerprint density at radius 1 is 1.29 bits per heavy atom. The van der Waals surface area contributed by atoms with Gasteiger partial charge in [-0.2, -0.15) is 0 Å². The van der Waals surface area contributed by atoms with Gasteiger partial charge in [-0.1, -0.05) is 13.0 Å². The van der Waals surface area contributed by atoms with Crippen LogP contribution in [0, 0.1) is 11.7 Å². The number of hydrogen-bond donors (Lipinski definition) is 1. The molecule has 1 aromatic carbocycles. The van der Waals surface area contributed by atoms with E-state index in [9.17, 15) is 4.39 Å². The number of rotatable bonds is 3. The zero-order valence-corrected chi connectivity index (χ0v) is 10.3. The van der Waals surface area contributed by atoms with Crippen LogP contribution in [0.4, 0.5) is 4.39 Å². The molecule has 1 aliphatic carbocycles. The van der Waals surface area contributed by atoms with Crippen molar-refractivity contribution in [1.29, 1.82) is 0 Å². The summed E-state index contributed by atoms with van der Waals surface area (Å²) in [5.74, 6) is 0.840. The first kappa shape index (κ1) is 12.4. The summed E-state index contributed by atoms with van der Waals surface area (Å²) >= 11 is 0. The van der Waals surface area contributed by atoms with Gasteiger partial charge in [0.25, 0.3) is 0 Å². The lowest BCUT2D eigenvalue weighted by Crippen LogP contribution is -2.23. The first-order valence-corrected chi connectivity index (χ1v) is 6.34. The molecule has 1 saturated carbocycles. The molecule has 2 rings (SSSR count). The Morgan fingerprint density at radius 3 is 2.59 bits per heavy atom. The van der Waals surface area contributed by atoms with Crippen LogP contribution in [0.1, 0.15) is 38.2 Å². The van der Waals surface area contributed by atoms with Gasteiger partial charge in [-0.3, -0.25) is 0 Å². The maximum Gasteiger partial charge on any atom is 0.165 e. The number of benzene rings is 1. The van der Waals surface area contributed by atoms with Crippen LogP contribution >= 0.6 is 0 Å². The van der Waals surface area contributed by atoms with Gasteiger partial charge in [0.15, 0.2) is 11.6 Å². The van der Waals surface area contributed by atoms with Crippen LogP contribution < -0.4 is 10.5 Å². The first-order chi connectivity index (χ1) is 8.19. The van der Waals surface area contributed by atoms with Crippen molar-refractivity contribution in [2.75, 3.05) is 0 Å². The zero-order valence-electron chi connectivity index (χ0n) is 10.3. The Kier molecular flexibility index (Phi) is 4.00. The Balaban J connectivity index is 1.99. The lowest BCUT2D eigenvalue weighted by molar-refractivity contribution is 0.130. The summed E-state index contributed by atoms with van der Waals surface area (Å²) in [6.45, 7) is 2.62. The molecule has 0 aromatic heterocycles. The van der Waals surface area contributed by atoms with Crippen molar-refractivity contribution in [3.05, 3.63) is 29.6 Å². The highest BCUT2D eigenvalue weighted by molar-refractivity contribution is 5.29. The number of halogens is 1. The fourth-order valence-corrected chi connectivity index (χ4v) is 2.29. The molecule has 0 amide bonds. The van der Waals surface area contributed by atoms with E-state index in [0.717, 1.165) is 24.3 Å². The summed E-state index contributed by atoms with van der Waals surface area (Å²) in [7, 11) is 0. The van der Waals surface area contributed by atoms with Crippen LogP contribution in [0.15, 0.2) is 18.2 Å². The van der Waals surface area contributed by atoms with Crippen LogP contribution in [-0.2, 0) is 6.54 Å². The highest BCUT2D eigenvalue weighted by Crippen LogP contribution is 2.28. The summed E-state index contributed by atoms with van der Waals surface area (Å²) in [6.07, 6.45) is 4.57. The van der Waals surface area contributed by atoms with Crippen LogP contribution in [0.2, 0.25) is 0 Å². The van der Waals surface area contributed by atoms with E-state index in [1.807, 2.05) is 6.07 Å². The number of ether oxygens (including phenoxy) is 1. The molecule has 0 bridgehead atoms. The van der Waals surface area contributed by atoms with Crippen LogP contribution in [0.25, 0.3) is 0 Å². The lowest BCUT2D eigenvalue weighted by atomic mass is 9.89. The van der Waals surface area contributed by atoms with Crippen molar-refractivity contribution in [2.24, 2.45) is 11.7 Å². The summed E-state index contributed by atoms with van der Waals surface area (Å²) in [4.78, 5) is 0. The van der Waals surface area contributed by atoms with E-state index in [1.54, 1.807) is 6.07 Å². The van der Waals surface area contributed by atoms with E-state index in [4.69, 9.17) is 10.5 Å². The van der Waals surface area contributed by atoms with Crippen molar-refractivity contribution in [1.82, 2.24) is 0 Å². The van der Waals surface area contributed by atoms with Gasteiger partial charge in [0.1, 0.15) is 0 Å². The molecular weight excluding hydrogens is 217 g/mol. The average molecular weight is 237 g/mol. The van der Waals surface area contributed by atoms with Gasteiger partial charge in [-0.15, -0.1) is 0 Å². The molecule has 0 saturated heterocycles. The van der Waals surface area contributed by atoms with Gasteiger partial charge >= 0.3 is 0 Å². The maximum atomic E-state index is 13.7. The molecule has 2 N–H and O–H groups in total. The minimum absolute atomic E-state index is 0.171. The Bertz CT molecular complexity index is 372. The monoisotopic (exact) mass is 237 g/mol. The quantitative estimate of drug-likeness (QED) is 0.876. The first-order valence-electron chi connectivity index (χ1n) is 6.34. The molecule has 94 valence electrons. The van der Waals surface area contributed by atoms with E-state index in [-0.39, 0.29) is 11.9 Å². The second kappa shape index (κ2) is 5.50. The standard InChI is InChI=1S/C14H20FNO/c1-10-2-5-12(6-3-10)17-14-7-4-11(9-16)8-13(14)15/h4,7-8,10,12H,2-3,5-6,9,16H2,1H3. The van der Waals surface area contributed by atoms with Gasteiger partial charge in [0, 0.05) is 6.54 Å². The maximum absolute atomic E-state index is 13.7. The summed E-state index contributed by atoms with van der Waals surface area (Å²) in [5, 5.41) is 0. The summed E-state index contributed by atoms with van der Waals surface area (Å²) < 4.78 is 19.4. The third-order valence-corrected chi connectivity index (χ3v) is 3.49. The lowest BCUT2D eigenvalue weighted by Gasteiger charge is -2.27. The van der Waals surface area contributed by atoms with Crippen LogP contribution in [-0.4, -0.2) is 6.10 Å². The predicted octanol–water partition coefficient (Wildman–Crippen LogP) is 3.24. The number of hydrogen-bond acceptors (Lipinski definition) is 2. The average Bonchev–Trinajstić information content (AvgIpc) is 2.34. The molecule has 0 atom stereocenters. The van der Waals surface area contributed by atoms with E-state index < -0.39 is 0 Å². The molecule has 1 aromatic rings. The molecule has 0 aliphatic heterocycles. The van der Waals surface area contributed by atoms with Gasteiger partial charge in [0.05, 0.1) is 6.10 Å². The topological polar surface area (TPSA) is 35.2 Å². The molecule has 17 heavy (non-hydrogen) atoms. The second-order valence-electron chi connectivity index (χ2n) is 4.97. The Hall–Kier alpha value is -1.09. The van der Waals surface area contributed by atoms with Crippen molar-refractivity contribution < 1.29 is 9.13 Å². The van der Waals surface area contributed by atoms with Gasteiger partial charge < -0.3 is 10.5 Å². The van der Waals surface area contributed by atoms with E-state index >= 15 is 0 Å². The fraction of sp³-hybridized carbons (Fsp3) is 0.571. The van der Waals surface area contributed by atoms with Crippen molar-refractivity contribution >= 4 is 0 Å². The Labute approximate surface area is 102 Å². The molecule has 2 nitrogen and oxygen atoms in total. The van der Waals surface area contributed by atoms with Crippen molar-refractivity contribution in [2.45, 2.75) is 45.3 Å². The van der Waals surface area contributed by atoms with Crippen molar-refractivity contribution in [3.8, 4) is 5.75 Å². The highest BCUT2D eigenvalue weighted by atomic mass is 19.1. The smallest absolute Gasteiger partial charge is 0.165 e. The van der Waals surface area contributed by atoms with Gasteiger partial charge in [0.2, 0.25) is 0 Å². The molecular formula is C14H20FNO. The summed E-state index contributed by atoms with van der Waals surface area (Å²) in [6, 6.07) is 4.97. The third-order valence-electron chi connectivity index (χ3n) is 3.49. The van der Waals surface area contributed by atoms with E-state index in [0.29, 0.717) is 12.3 Å². The minimum Gasteiger partial charge on any atom is -0.487 e. The second-order valence-corrected chi connectivity index (χ2v) is 4.97. The Morgan fingerprint density at radius 2 is 2.00 bits per heavy atom. The molecule has 0 unspecified atom stereocenters. The fourth-order valence-electron chi connectivity index (χ4n) is 2.29. The van der Waals surface area contributed by atoms with Crippen LogP contribution in [0.5, 0.6) is 5.75 Å². The molecule has 1 fully saturated rings. The highest BCUT2D eigenvalue weighted by Gasteiger charge is 2.20. The molecule has 3 heteroatoms. The molecule has 0 spiro atoms. The van der Waals surface area contributed by atoms with Crippen molar-refractivity contribution in [3.63, 3.8) is 0 Å². The predicted molar refractivity (Wildman–Crippen MR) is 66.3 cm³/mol. The normalized spacial score (nSPS) is 24.6. The van der Waals surface area contributed by atoms with Crippen LogP contribution in [0.3, 0.4) is 0 Å². The van der Waals surface area contributed by atoms with Gasteiger partial charge in [-0.25, -0.2) is 4.39 Å². The summed E-state index contributed by atoms with van der Waals surface area (Å²) in [5.41, 5.74) is 6.26. The zero-order chi connectivity index (χ0) is 12.3. The third kappa shape index (κ3) is 3.19. The molecule has 0 heterocycles. The minimum atomic E-state index is -0.299. The van der Waals surface area contributed by atoms with Gasteiger partial charge in [-0.05, 0) is 49.3 Å². The largest absolute Gasteiger partial charge is 0.487 e. The SMILES string of the molecule is CC1CCC(Oc2ccc(CN)cc2F)CC1. The van der Waals surface area contributed by atoms with E-state index in [1.165, 1.54) is 18.9 Å². The molecule has 0 radical (unpaired) electrons. The van der Waals surface area contributed by atoms with E-state index in [2.05, 4.69) is 6.92 Å². The molecule has 1 aliphatic rings.